The first-order chi connectivity index (χ1) is 4.95. The molecule has 66 valence electrons. The molecule has 0 aromatic heterocycles. The monoisotopic (exact) mass is 219 g/mol. The molecular weight excluding hydrogens is 202 g/mol. The SMILES string of the molecule is C=C(Br)C[C@@H](C(C)C)N(C)C. The van der Waals surface area contributed by atoms with Crippen molar-refractivity contribution in [3.8, 4) is 0 Å². The van der Waals surface area contributed by atoms with Gasteiger partial charge in [0.25, 0.3) is 0 Å². The molecule has 11 heavy (non-hydrogen) atoms. The second kappa shape index (κ2) is 4.94. The molecule has 0 amide bonds. The Morgan fingerprint density at radius 3 is 2.00 bits per heavy atom. The van der Waals surface area contributed by atoms with Gasteiger partial charge in [-0.15, -0.1) is 0 Å². The fourth-order valence-electron chi connectivity index (χ4n) is 1.24. The molecule has 0 bridgehead atoms. The van der Waals surface area contributed by atoms with E-state index in [4.69, 9.17) is 0 Å². The third-order valence-electron chi connectivity index (χ3n) is 1.86. The van der Waals surface area contributed by atoms with Gasteiger partial charge in [-0.25, -0.2) is 0 Å². The van der Waals surface area contributed by atoms with Crippen molar-refractivity contribution in [2.45, 2.75) is 26.3 Å². The molecule has 0 saturated heterocycles. The van der Waals surface area contributed by atoms with Crippen LogP contribution in [0.3, 0.4) is 0 Å². The normalized spacial score (nSPS) is 14.1. The summed E-state index contributed by atoms with van der Waals surface area (Å²) in [5.74, 6) is 0.680. The summed E-state index contributed by atoms with van der Waals surface area (Å²) < 4.78 is 1.09. The molecule has 0 aromatic carbocycles. The van der Waals surface area contributed by atoms with Gasteiger partial charge < -0.3 is 4.90 Å². The standard InChI is InChI=1S/C9H18BrN/c1-7(2)9(11(4)5)6-8(3)10/h7,9H,3,6H2,1-2,4-5H3/t9-/m0/s1. The molecular formula is C9H18BrN. The third-order valence-corrected chi connectivity index (χ3v) is 2.19. The molecule has 0 saturated carbocycles. The maximum absolute atomic E-state index is 3.85. The predicted octanol–water partition coefficient (Wildman–Crippen LogP) is 2.87. The molecule has 0 aliphatic carbocycles. The highest BCUT2D eigenvalue weighted by atomic mass is 79.9. The van der Waals surface area contributed by atoms with E-state index < -0.39 is 0 Å². The summed E-state index contributed by atoms with van der Waals surface area (Å²) in [6, 6.07) is 0.599. The molecule has 0 fully saturated rings. The van der Waals surface area contributed by atoms with Crippen molar-refractivity contribution in [2.24, 2.45) is 5.92 Å². The molecule has 2 heteroatoms. The second-order valence-electron chi connectivity index (χ2n) is 3.50. The van der Waals surface area contributed by atoms with E-state index in [0.717, 1.165) is 10.9 Å². The molecule has 0 aromatic rings. The first kappa shape index (κ1) is 11.2. The van der Waals surface area contributed by atoms with E-state index >= 15 is 0 Å². The highest BCUT2D eigenvalue weighted by Gasteiger charge is 2.15. The van der Waals surface area contributed by atoms with Crippen molar-refractivity contribution in [1.29, 1.82) is 0 Å². The van der Waals surface area contributed by atoms with Crippen LogP contribution in [0.4, 0.5) is 0 Å². The zero-order chi connectivity index (χ0) is 9.02. The van der Waals surface area contributed by atoms with E-state index in [0.29, 0.717) is 12.0 Å². The molecule has 0 unspecified atom stereocenters. The van der Waals surface area contributed by atoms with E-state index in [1.807, 2.05) is 0 Å². The van der Waals surface area contributed by atoms with Gasteiger partial charge in [-0.3, -0.25) is 0 Å². The van der Waals surface area contributed by atoms with Crippen LogP contribution in [0.1, 0.15) is 20.3 Å². The van der Waals surface area contributed by atoms with Gasteiger partial charge in [-0.2, -0.15) is 0 Å². The van der Waals surface area contributed by atoms with Crippen LogP contribution >= 0.6 is 15.9 Å². The molecule has 0 radical (unpaired) electrons. The van der Waals surface area contributed by atoms with Gasteiger partial charge in [-0.05, 0) is 30.9 Å². The van der Waals surface area contributed by atoms with Crippen LogP contribution < -0.4 is 0 Å². The van der Waals surface area contributed by atoms with Crippen molar-refractivity contribution >= 4 is 15.9 Å². The van der Waals surface area contributed by atoms with Crippen LogP contribution in [0.2, 0.25) is 0 Å². The number of hydrogen-bond donors (Lipinski definition) is 0. The third kappa shape index (κ3) is 4.59. The van der Waals surface area contributed by atoms with Crippen LogP contribution in [0.25, 0.3) is 0 Å². The number of hydrogen-bond acceptors (Lipinski definition) is 1. The van der Waals surface area contributed by atoms with Gasteiger partial charge in [0.05, 0.1) is 0 Å². The Labute approximate surface area is 78.6 Å². The Kier molecular flexibility index (Phi) is 5.02. The summed E-state index contributed by atoms with van der Waals surface area (Å²) in [6.45, 7) is 8.32. The maximum Gasteiger partial charge on any atom is 0.0157 e. The van der Waals surface area contributed by atoms with Gasteiger partial charge >= 0.3 is 0 Å². The van der Waals surface area contributed by atoms with Crippen molar-refractivity contribution in [1.82, 2.24) is 4.90 Å². The summed E-state index contributed by atoms with van der Waals surface area (Å²) >= 11 is 3.39. The number of nitrogens with zero attached hydrogens (tertiary/aromatic N) is 1. The van der Waals surface area contributed by atoms with E-state index in [9.17, 15) is 0 Å². The fourth-order valence-corrected chi connectivity index (χ4v) is 1.57. The lowest BCUT2D eigenvalue weighted by atomic mass is 10.0. The second-order valence-corrected chi connectivity index (χ2v) is 4.62. The largest absolute Gasteiger partial charge is 0.306 e. The number of rotatable bonds is 4. The highest BCUT2D eigenvalue weighted by molar-refractivity contribution is 9.11. The van der Waals surface area contributed by atoms with E-state index in [1.165, 1.54) is 0 Å². The molecule has 0 aliphatic heterocycles. The molecule has 1 atom stereocenters. The molecule has 0 spiro atoms. The highest BCUT2D eigenvalue weighted by Crippen LogP contribution is 2.18. The van der Waals surface area contributed by atoms with Crippen molar-refractivity contribution in [3.63, 3.8) is 0 Å². The summed E-state index contributed by atoms with van der Waals surface area (Å²) in [5.41, 5.74) is 0. The fraction of sp³-hybridized carbons (Fsp3) is 0.778. The summed E-state index contributed by atoms with van der Waals surface area (Å²) in [7, 11) is 4.22. The van der Waals surface area contributed by atoms with Crippen LogP contribution in [-0.4, -0.2) is 25.0 Å². The minimum atomic E-state index is 0.599. The average molecular weight is 220 g/mol. The Hall–Kier alpha value is 0.180. The van der Waals surface area contributed by atoms with E-state index in [1.54, 1.807) is 0 Å². The zero-order valence-electron chi connectivity index (χ0n) is 7.89. The lowest BCUT2D eigenvalue weighted by Crippen LogP contribution is -2.32. The minimum Gasteiger partial charge on any atom is -0.306 e. The van der Waals surface area contributed by atoms with Crippen molar-refractivity contribution < 1.29 is 0 Å². The first-order valence-electron chi connectivity index (χ1n) is 3.94. The Morgan fingerprint density at radius 1 is 1.45 bits per heavy atom. The van der Waals surface area contributed by atoms with Gasteiger partial charge in [-0.1, -0.05) is 36.4 Å². The van der Waals surface area contributed by atoms with Crippen LogP contribution in [0, 0.1) is 5.92 Å². The Morgan fingerprint density at radius 2 is 1.91 bits per heavy atom. The lowest BCUT2D eigenvalue weighted by molar-refractivity contribution is 0.232. The molecule has 1 nitrogen and oxygen atoms in total. The quantitative estimate of drug-likeness (QED) is 0.704. The molecule has 0 rings (SSSR count). The smallest absolute Gasteiger partial charge is 0.0157 e. The zero-order valence-corrected chi connectivity index (χ0v) is 9.48. The maximum atomic E-state index is 3.85. The van der Waals surface area contributed by atoms with Gasteiger partial charge in [0.2, 0.25) is 0 Å². The first-order valence-corrected chi connectivity index (χ1v) is 4.74. The predicted molar refractivity (Wildman–Crippen MR) is 55.0 cm³/mol. The molecule has 0 heterocycles. The van der Waals surface area contributed by atoms with E-state index in [-0.39, 0.29) is 0 Å². The topological polar surface area (TPSA) is 3.24 Å². The summed E-state index contributed by atoms with van der Waals surface area (Å²) in [5, 5.41) is 0. The Bertz CT molecular complexity index is 122. The molecule has 0 N–H and O–H groups in total. The van der Waals surface area contributed by atoms with E-state index in [2.05, 4.69) is 55.4 Å². The summed E-state index contributed by atoms with van der Waals surface area (Å²) in [4.78, 5) is 2.25. The summed E-state index contributed by atoms with van der Waals surface area (Å²) in [6.07, 6.45) is 1.03. The van der Waals surface area contributed by atoms with Crippen LogP contribution in [0.15, 0.2) is 11.1 Å². The van der Waals surface area contributed by atoms with Gasteiger partial charge in [0.1, 0.15) is 0 Å². The minimum absolute atomic E-state index is 0.599. The van der Waals surface area contributed by atoms with Crippen LogP contribution in [-0.2, 0) is 0 Å². The Balaban J connectivity index is 4.00. The molecule has 0 aliphatic rings. The van der Waals surface area contributed by atoms with Gasteiger partial charge in [0, 0.05) is 6.04 Å². The lowest BCUT2D eigenvalue weighted by Gasteiger charge is -2.27. The van der Waals surface area contributed by atoms with Crippen molar-refractivity contribution in [3.05, 3.63) is 11.1 Å². The van der Waals surface area contributed by atoms with Crippen LogP contribution in [0.5, 0.6) is 0 Å². The van der Waals surface area contributed by atoms with Gasteiger partial charge in [0.15, 0.2) is 0 Å². The average Bonchev–Trinajstić information content (AvgIpc) is 1.81. The van der Waals surface area contributed by atoms with Crippen molar-refractivity contribution in [2.75, 3.05) is 14.1 Å². The number of halogens is 1.